The van der Waals surface area contributed by atoms with E-state index < -0.39 is 5.97 Å². The summed E-state index contributed by atoms with van der Waals surface area (Å²) in [6.45, 7) is 6.07. The molecule has 0 aromatic heterocycles. The fraction of sp³-hybridized carbons (Fsp3) is 0.769. The van der Waals surface area contributed by atoms with Crippen molar-refractivity contribution in [2.75, 3.05) is 0 Å². The minimum absolute atomic E-state index is 0.240. The predicted octanol–water partition coefficient (Wildman–Crippen LogP) is 4.01. The zero-order valence-electron chi connectivity index (χ0n) is 10.3. The van der Waals surface area contributed by atoms with E-state index in [2.05, 4.69) is 13.8 Å². The second-order valence-corrected chi connectivity index (χ2v) is 4.00. The zero-order valence-corrected chi connectivity index (χ0v) is 10.3. The average Bonchev–Trinajstić information content (AvgIpc) is 2.22. The largest absolute Gasteiger partial charge is 0.478 e. The van der Waals surface area contributed by atoms with E-state index in [-0.39, 0.29) is 5.92 Å². The van der Waals surface area contributed by atoms with Gasteiger partial charge in [-0.2, -0.15) is 0 Å². The lowest BCUT2D eigenvalue weighted by Crippen LogP contribution is -2.12. The van der Waals surface area contributed by atoms with Gasteiger partial charge in [0.2, 0.25) is 0 Å². The van der Waals surface area contributed by atoms with Gasteiger partial charge in [0.05, 0.1) is 0 Å². The molecule has 1 unspecified atom stereocenters. The molecule has 0 aliphatic heterocycles. The van der Waals surface area contributed by atoms with Crippen LogP contribution < -0.4 is 0 Å². The lowest BCUT2D eigenvalue weighted by Gasteiger charge is -2.15. The first kappa shape index (κ1) is 14.2. The van der Waals surface area contributed by atoms with Gasteiger partial charge < -0.3 is 5.11 Å². The van der Waals surface area contributed by atoms with Crippen LogP contribution in [0.2, 0.25) is 0 Å². The van der Waals surface area contributed by atoms with Crippen molar-refractivity contribution in [3.05, 3.63) is 11.6 Å². The van der Waals surface area contributed by atoms with Crippen molar-refractivity contribution in [3.63, 3.8) is 0 Å². The number of rotatable bonds is 8. The molecule has 0 aliphatic rings. The van der Waals surface area contributed by atoms with Crippen LogP contribution in [0.5, 0.6) is 0 Å². The molecular weight excluding hydrogens is 188 g/mol. The van der Waals surface area contributed by atoms with Gasteiger partial charge in [-0.25, -0.2) is 4.79 Å². The summed E-state index contributed by atoms with van der Waals surface area (Å²) < 4.78 is 0. The fourth-order valence-corrected chi connectivity index (χ4v) is 1.93. The SMILES string of the molecule is CC=C(C(=O)O)C(CC)CCCCCC. The van der Waals surface area contributed by atoms with Gasteiger partial charge in [0.25, 0.3) is 0 Å². The van der Waals surface area contributed by atoms with Crippen molar-refractivity contribution in [1.29, 1.82) is 0 Å². The van der Waals surface area contributed by atoms with E-state index in [1.165, 1.54) is 19.3 Å². The number of carboxylic acid groups (broad SMARTS) is 1. The summed E-state index contributed by atoms with van der Waals surface area (Å²) in [4.78, 5) is 11.0. The maximum Gasteiger partial charge on any atom is 0.331 e. The highest BCUT2D eigenvalue weighted by atomic mass is 16.4. The first-order valence-corrected chi connectivity index (χ1v) is 6.06. The Morgan fingerprint density at radius 1 is 1.27 bits per heavy atom. The van der Waals surface area contributed by atoms with Gasteiger partial charge in [0.1, 0.15) is 0 Å². The van der Waals surface area contributed by atoms with Gasteiger partial charge in [-0.1, -0.05) is 45.6 Å². The number of hydrogen-bond acceptors (Lipinski definition) is 1. The number of allylic oxidation sites excluding steroid dienone is 1. The molecule has 0 saturated heterocycles. The Morgan fingerprint density at radius 2 is 1.93 bits per heavy atom. The highest BCUT2D eigenvalue weighted by molar-refractivity contribution is 5.87. The molecule has 0 amide bonds. The Balaban J connectivity index is 4.06. The van der Waals surface area contributed by atoms with Crippen molar-refractivity contribution in [1.82, 2.24) is 0 Å². The number of aliphatic carboxylic acids is 1. The van der Waals surface area contributed by atoms with Crippen LogP contribution in [0.4, 0.5) is 0 Å². The minimum Gasteiger partial charge on any atom is -0.478 e. The van der Waals surface area contributed by atoms with Crippen LogP contribution >= 0.6 is 0 Å². The van der Waals surface area contributed by atoms with E-state index in [9.17, 15) is 4.79 Å². The molecule has 2 heteroatoms. The van der Waals surface area contributed by atoms with E-state index in [0.29, 0.717) is 5.57 Å². The summed E-state index contributed by atoms with van der Waals surface area (Å²) in [5.41, 5.74) is 0.592. The lowest BCUT2D eigenvalue weighted by molar-refractivity contribution is -0.133. The molecule has 0 aromatic rings. The van der Waals surface area contributed by atoms with Gasteiger partial charge in [0, 0.05) is 5.57 Å². The molecular formula is C13H24O2. The predicted molar refractivity (Wildman–Crippen MR) is 63.9 cm³/mol. The summed E-state index contributed by atoms with van der Waals surface area (Å²) in [6, 6.07) is 0. The molecule has 0 saturated carbocycles. The summed E-state index contributed by atoms with van der Waals surface area (Å²) in [5.74, 6) is -0.510. The van der Waals surface area contributed by atoms with E-state index in [4.69, 9.17) is 5.11 Å². The molecule has 0 bridgehead atoms. The third-order valence-electron chi connectivity index (χ3n) is 2.90. The van der Waals surface area contributed by atoms with Crippen molar-refractivity contribution < 1.29 is 9.90 Å². The quantitative estimate of drug-likeness (QED) is 0.487. The fourth-order valence-electron chi connectivity index (χ4n) is 1.93. The first-order chi connectivity index (χ1) is 7.17. The molecule has 15 heavy (non-hydrogen) atoms. The molecule has 1 atom stereocenters. The normalized spacial score (nSPS) is 13.9. The smallest absolute Gasteiger partial charge is 0.331 e. The van der Waals surface area contributed by atoms with Gasteiger partial charge in [-0.05, 0) is 25.7 Å². The first-order valence-electron chi connectivity index (χ1n) is 6.06. The van der Waals surface area contributed by atoms with E-state index in [0.717, 1.165) is 19.3 Å². The third-order valence-corrected chi connectivity index (χ3v) is 2.90. The van der Waals surface area contributed by atoms with Crippen molar-refractivity contribution in [2.45, 2.75) is 59.3 Å². The Morgan fingerprint density at radius 3 is 2.33 bits per heavy atom. The Kier molecular flexibility index (Phi) is 8.06. The molecule has 0 aromatic carbocycles. The van der Waals surface area contributed by atoms with Gasteiger partial charge in [0.15, 0.2) is 0 Å². The number of carbonyl (C=O) groups is 1. The molecule has 0 aliphatic carbocycles. The lowest BCUT2D eigenvalue weighted by atomic mass is 9.90. The van der Waals surface area contributed by atoms with Crippen LogP contribution in [0.3, 0.4) is 0 Å². The van der Waals surface area contributed by atoms with Gasteiger partial charge >= 0.3 is 5.97 Å². The van der Waals surface area contributed by atoms with Crippen LogP contribution in [0.25, 0.3) is 0 Å². The van der Waals surface area contributed by atoms with Crippen molar-refractivity contribution in [2.24, 2.45) is 5.92 Å². The maximum absolute atomic E-state index is 11.0. The van der Waals surface area contributed by atoms with E-state index >= 15 is 0 Å². The molecule has 0 fully saturated rings. The Bertz CT molecular complexity index is 207. The summed E-state index contributed by atoms with van der Waals surface area (Å²) in [7, 11) is 0. The van der Waals surface area contributed by atoms with Crippen LogP contribution in [0.15, 0.2) is 11.6 Å². The van der Waals surface area contributed by atoms with Crippen molar-refractivity contribution in [3.8, 4) is 0 Å². The number of carboxylic acids is 1. The van der Waals surface area contributed by atoms with Crippen molar-refractivity contribution >= 4 is 5.97 Å². The Hall–Kier alpha value is -0.790. The summed E-state index contributed by atoms with van der Waals surface area (Å²) >= 11 is 0. The molecule has 0 spiro atoms. The third kappa shape index (κ3) is 5.60. The average molecular weight is 212 g/mol. The van der Waals surface area contributed by atoms with Crippen LogP contribution in [-0.2, 0) is 4.79 Å². The van der Waals surface area contributed by atoms with Gasteiger partial charge in [-0.15, -0.1) is 0 Å². The number of hydrogen-bond donors (Lipinski definition) is 1. The molecule has 1 N–H and O–H groups in total. The van der Waals surface area contributed by atoms with Crippen LogP contribution in [0, 0.1) is 5.92 Å². The van der Waals surface area contributed by atoms with Crippen LogP contribution in [0.1, 0.15) is 59.3 Å². The van der Waals surface area contributed by atoms with E-state index in [1.54, 1.807) is 6.08 Å². The second-order valence-electron chi connectivity index (χ2n) is 4.00. The maximum atomic E-state index is 11.0. The standard InChI is InChI=1S/C13H24O2/c1-4-7-8-9-10-11(5-2)12(6-3)13(14)15/h6,11H,4-5,7-10H2,1-3H3,(H,14,15). The molecule has 2 nitrogen and oxygen atoms in total. The summed E-state index contributed by atoms with van der Waals surface area (Å²) in [6.07, 6.45) is 8.55. The summed E-state index contributed by atoms with van der Waals surface area (Å²) in [5, 5.41) is 9.01. The molecule has 88 valence electrons. The molecule has 0 rings (SSSR count). The van der Waals surface area contributed by atoms with E-state index in [1.807, 2.05) is 6.92 Å². The zero-order chi connectivity index (χ0) is 11.7. The minimum atomic E-state index is -0.750. The highest BCUT2D eigenvalue weighted by Gasteiger charge is 2.17. The molecule has 0 heterocycles. The monoisotopic (exact) mass is 212 g/mol. The van der Waals surface area contributed by atoms with Gasteiger partial charge in [-0.3, -0.25) is 0 Å². The number of unbranched alkanes of at least 4 members (excludes halogenated alkanes) is 3. The highest BCUT2D eigenvalue weighted by Crippen LogP contribution is 2.22. The Labute approximate surface area is 93.4 Å². The van der Waals surface area contributed by atoms with Crippen LogP contribution in [-0.4, -0.2) is 11.1 Å². The second kappa shape index (κ2) is 8.51. The topological polar surface area (TPSA) is 37.3 Å². The molecule has 0 radical (unpaired) electrons.